The molecule has 5 nitrogen and oxygen atoms in total. The molecule has 1 aromatic carbocycles. The van der Waals surface area contributed by atoms with Gasteiger partial charge >= 0.3 is 12.1 Å². The van der Waals surface area contributed by atoms with Crippen molar-refractivity contribution in [2.45, 2.75) is 12.6 Å². The molecule has 0 bridgehead atoms. The van der Waals surface area contributed by atoms with Crippen molar-refractivity contribution in [2.24, 2.45) is 0 Å². The minimum Gasteiger partial charge on any atom is -0.352 e. The Morgan fingerprint density at radius 1 is 1.26 bits per heavy atom. The fourth-order valence-electron chi connectivity index (χ4n) is 1.55. The first-order chi connectivity index (χ1) is 10.7. The summed E-state index contributed by atoms with van der Waals surface area (Å²) in [6.07, 6.45) is -4.92. The van der Waals surface area contributed by atoms with Crippen molar-refractivity contribution >= 4 is 17.5 Å². The maximum atomic E-state index is 13.1. The van der Waals surface area contributed by atoms with E-state index in [0.29, 0.717) is 12.1 Å². The van der Waals surface area contributed by atoms with Crippen molar-refractivity contribution in [2.75, 3.05) is 6.54 Å². The SMILES string of the molecule is O=C(NCCc1noc(C(F)(F)F)n1)c1cc(F)c(F)cc1Cl. The summed E-state index contributed by atoms with van der Waals surface area (Å²) < 4.78 is 66.7. The minimum absolute atomic E-state index is 0.160. The largest absolute Gasteiger partial charge is 0.471 e. The second-order valence-electron chi connectivity index (χ2n) is 4.27. The minimum atomic E-state index is -4.76. The molecule has 0 saturated heterocycles. The van der Waals surface area contributed by atoms with E-state index in [2.05, 4.69) is 20.0 Å². The average Bonchev–Trinajstić information content (AvgIpc) is 2.91. The molecule has 2 rings (SSSR count). The smallest absolute Gasteiger partial charge is 0.352 e. The topological polar surface area (TPSA) is 68.0 Å². The lowest BCUT2D eigenvalue weighted by atomic mass is 10.2. The fraction of sp³-hybridized carbons (Fsp3) is 0.250. The van der Waals surface area contributed by atoms with Crippen LogP contribution < -0.4 is 5.32 Å². The van der Waals surface area contributed by atoms with Gasteiger partial charge in [0.2, 0.25) is 0 Å². The highest BCUT2D eigenvalue weighted by Gasteiger charge is 2.38. The van der Waals surface area contributed by atoms with Crippen LogP contribution in [0.25, 0.3) is 0 Å². The first kappa shape index (κ1) is 17.1. The van der Waals surface area contributed by atoms with Gasteiger partial charge in [0.15, 0.2) is 17.5 Å². The molecule has 0 radical (unpaired) electrons. The lowest BCUT2D eigenvalue weighted by molar-refractivity contribution is -0.159. The summed E-state index contributed by atoms with van der Waals surface area (Å²) in [7, 11) is 0. The van der Waals surface area contributed by atoms with E-state index in [-0.39, 0.29) is 29.4 Å². The predicted molar refractivity (Wildman–Crippen MR) is 66.7 cm³/mol. The number of carbonyl (C=O) groups is 1. The summed E-state index contributed by atoms with van der Waals surface area (Å²) in [6, 6.07) is 1.25. The van der Waals surface area contributed by atoms with E-state index in [1.165, 1.54) is 0 Å². The van der Waals surface area contributed by atoms with E-state index in [0.717, 1.165) is 0 Å². The highest BCUT2D eigenvalue weighted by atomic mass is 35.5. The van der Waals surface area contributed by atoms with Crippen LogP contribution in [0.3, 0.4) is 0 Å². The van der Waals surface area contributed by atoms with E-state index < -0.39 is 29.6 Å². The van der Waals surface area contributed by atoms with Gasteiger partial charge in [-0.1, -0.05) is 16.8 Å². The van der Waals surface area contributed by atoms with Crippen molar-refractivity contribution in [3.05, 3.63) is 46.1 Å². The zero-order chi connectivity index (χ0) is 17.2. The molecular formula is C12H7ClF5N3O2. The van der Waals surface area contributed by atoms with E-state index in [1.807, 2.05) is 0 Å². The van der Waals surface area contributed by atoms with Crippen LogP contribution in [0.2, 0.25) is 5.02 Å². The van der Waals surface area contributed by atoms with Crippen LogP contribution in [-0.4, -0.2) is 22.6 Å². The van der Waals surface area contributed by atoms with E-state index in [4.69, 9.17) is 11.6 Å². The van der Waals surface area contributed by atoms with Crippen LogP contribution in [0, 0.1) is 11.6 Å². The van der Waals surface area contributed by atoms with Gasteiger partial charge in [0.05, 0.1) is 10.6 Å². The standard InChI is InChI=1S/C12H7ClF5N3O2/c13-6-4-8(15)7(14)3-5(6)10(22)19-2-1-9-20-11(23-21-9)12(16,17)18/h3-4H,1-2H2,(H,19,22). The molecule has 124 valence electrons. The second-order valence-corrected chi connectivity index (χ2v) is 4.67. The van der Waals surface area contributed by atoms with Gasteiger partial charge in [-0.2, -0.15) is 18.2 Å². The molecule has 0 aliphatic rings. The third-order valence-electron chi connectivity index (χ3n) is 2.60. The van der Waals surface area contributed by atoms with Crippen molar-refractivity contribution < 1.29 is 31.3 Å². The monoisotopic (exact) mass is 355 g/mol. The maximum absolute atomic E-state index is 13.1. The Kier molecular flexibility index (Phi) is 4.83. The second kappa shape index (κ2) is 6.49. The van der Waals surface area contributed by atoms with E-state index >= 15 is 0 Å². The lowest BCUT2D eigenvalue weighted by Gasteiger charge is -2.06. The summed E-state index contributed by atoms with van der Waals surface area (Å²) in [6.45, 7) is -0.162. The Morgan fingerprint density at radius 2 is 1.91 bits per heavy atom. The highest BCUT2D eigenvalue weighted by molar-refractivity contribution is 6.33. The number of halogens is 6. The van der Waals surface area contributed by atoms with Gasteiger partial charge in [-0.3, -0.25) is 4.79 Å². The van der Waals surface area contributed by atoms with Crippen LogP contribution in [0.4, 0.5) is 22.0 Å². The van der Waals surface area contributed by atoms with Crippen molar-refractivity contribution in [1.82, 2.24) is 15.5 Å². The number of carbonyl (C=O) groups excluding carboxylic acids is 1. The van der Waals surface area contributed by atoms with Crippen LogP contribution >= 0.6 is 11.6 Å². The quantitative estimate of drug-likeness (QED) is 0.676. The zero-order valence-electron chi connectivity index (χ0n) is 11.0. The van der Waals surface area contributed by atoms with Gasteiger partial charge in [-0.05, 0) is 12.1 Å². The number of amides is 1. The first-order valence-corrected chi connectivity index (χ1v) is 6.39. The summed E-state index contributed by atoms with van der Waals surface area (Å²) in [5.74, 6) is -5.06. The summed E-state index contributed by atoms with van der Waals surface area (Å²) in [4.78, 5) is 14.9. The molecule has 0 aliphatic heterocycles. The number of nitrogens with zero attached hydrogens (tertiary/aromatic N) is 2. The van der Waals surface area contributed by atoms with Crippen LogP contribution in [0.1, 0.15) is 22.1 Å². The molecule has 2 aromatic rings. The Hall–Kier alpha value is -2.23. The molecule has 1 aromatic heterocycles. The van der Waals surface area contributed by atoms with Gasteiger partial charge < -0.3 is 9.84 Å². The van der Waals surface area contributed by atoms with Crippen molar-refractivity contribution in [1.29, 1.82) is 0 Å². The lowest BCUT2D eigenvalue weighted by Crippen LogP contribution is -2.26. The van der Waals surface area contributed by atoms with Gasteiger partial charge in [-0.15, -0.1) is 0 Å². The summed E-state index contributed by atoms with van der Waals surface area (Å²) >= 11 is 5.61. The molecule has 23 heavy (non-hydrogen) atoms. The molecular weight excluding hydrogens is 349 g/mol. The molecule has 1 N–H and O–H groups in total. The Labute approximate surface area is 130 Å². The van der Waals surface area contributed by atoms with Gasteiger partial charge in [0, 0.05) is 13.0 Å². The number of hydrogen-bond acceptors (Lipinski definition) is 4. The number of aromatic nitrogens is 2. The van der Waals surface area contributed by atoms with Gasteiger partial charge in [0.25, 0.3) is 5.91 Å². The average molecular weight is 356 g/mol. The third-order valence-corrected chi connectivity index (χ3v) is 2.91. The maximum Gasteiger partial charge on any atom is 0.471 e. The highest BCUT2D eigenvalue weighted by Crippen LogP contribution is 2.27. The zero-order valence-corrected chi connectivity index (χ0v) is 11.8. The third kappa shape index (κ3) is 4.15. The van der Waals surface area contributed by atoms with Gasteiger partial charge in [-0.25, -0.2) is 8.78 Å². The molecule has 0 unspecified atom stereocenters. The molecule has 0 fully saturated rings. The first-order valence-electron chi connectivity index (χ1n) is 6.01. The molecule has 1 heterocycles. The Morgan fingerprint density at radius 3 is 2.52 bits per heavy atom. The number of alkyl halides is 3. The molecule has 0 spiro atoms. The number of hydrogen-bond donors (Lipinski definition) is 1. The van der Waals surface area contributed by atoms with E-state index in [1.54, 1.807) is 0 Å². The van der Waals surface area contributed by atoms with E-state index in [9.17, 15) is 26.7 Å². The normalized spacial score (nSPS) is 11.6. The molecule has 1 amide bonds. The molecule has 0 saturated carbocycles. The summed E-state index contributed by atoms with van der Waals surface area (Å²) in [5.41, 5.74) is -0.311. The number of nitrogens with one attached hydrogen (secondary N) is 1. The van der Waals surface area contributed by atoms with Crippen molar-refractivity contribution in [3.63, 3.8) is 0 Å². The van der Waals surface area contributed by atoms with Crippen LogP contribution in [-0.2, 0) is 12.6 Å². The number of rotatable bonds is 4. The van der Waals surface area contributed by atoms with Gasteiger partial charge in [0.1, 0.15) is 0 Å². The fourth-order valence-corrected chi connectivity index (χ4v) is 1.79. The van der Waals surface area contributed by atoms with Crippen LogP contribution in [0.15, 0.2) is 16.7 Å². The Bertz CT molecular complexity index is 732. The molecule has 0 aliphatic carbocycles. The summed E-state index contributed by atoms with van der Waals surface area (Å²) in [5, 5.41) is 5.06. The van der Waals surface area contributed by atoms with Crippen LogP contribution in [0.5, 0.6) is 0 Å². The predicted octanol–water partition coefficient (Wildman–Crippen LogP) is 2.99. The van der Waals surface area contributed by atoms with Crippen molar-refractivity contribution in [3.8, 4) is 0 Å². The molecule has 0 atom stereocenters. The Balaban J connectivity index is 1.95. The number of benzene rings is 1. The molecule has 11 heteroatoms.